The third-order valence-electron chi connectivity index (χ3n) is 2.75. The van der Waals surface area contributed by atoms with Gasteiger partial charge in [-0.05, 0) is 24.3 Å². The molecule has 1 aromatic rings. The molecule has 0 aliphatic rings. The lowest BCUT2D eigenvalue weighted by Crippen LogP contribution is -2.24. The first-order valence-corrected chi connectivity index (χ1v) is 5.63. The van der Waals surface area contributed by atoms with Gasteiger partial charge >= 0.3 is 5.97 Å². The number of carboxylic acids is 1. The van der Waals surface area contributed by atoms with Crippen molar-refractivity contribution in [1.82, 2.24) is 9.78 Å². The number of hydrogen-bond acceptors (Lipinski definition) is 2. The van der Waals surface area contributed by atoms with Gasteiger partial charge in [-0.2, -0.15) is 5.10 Å². The van der Waals surface area contributed by atoms with Gasteiger partial charge in [0.15, 0.2) is 6.04 Å². The summed E-state index contributed by atoms with van der Waals surface area (Å²) in [7, 11) is 0. The number of aryl methyl sites for hydroxylation is 1. The first-order chi connectivity index (χ1) is 7.34. The molecule has 1 N–H and O–H groups in total. The highest BCUT2D eigenvalue weighted by Crippen LogP contribution is 2.23. The summed E-state index contributed by atoms with van der Waals surface area (Å²) in [5.41, 5.74) is 2.04. The zero-order valence-corrected chi connectivity index (χ0v) is 10.6. The van der Waals surface area contributed by atoms with Crippen LogP contribution < -0.4 is 0 Å². The van der Waals surface area contributed by atoms with E-state index in [1.165, 1.54) is 0 Å². The van der Waals surface area contributed by atoms with E-state index in [0.717, 1.165) is 11.3 Å². The Balaban J connectivity index is 3.12. The molecule has 1 heterocycles. The van der Waals surface area contributed by atoms with E-state index in [4.69, 9.17) is 0 Å². The molecule has 1 rings (SSSR count). The second-order valence-corrected chi connectivity index (χ2v) is 4.83. The van der Waals surface area contributed by atoms with E-state index in [9.17, 15) is 9.90 Å². The van der Waals surface area contributed by atoms with Gasteiger partial charge in [-0.15, -0.1) is 0 Å². The molecule has 0 saturated heterocycles. The van der Waals surface area contributed by atoms with E-state index in [0.29, 0.717) is 5.92 Å². The summed E-state index contributed by atoms with van der Waals surface area (Å²) in [5, 5.41) is 13.5. The van der Waals surface area contributed by atoms with E-state index in [1.54, 1.807) is 4.68 Å². The van der Waals surface area contributed by atoms with Crippen molar-refractivity contribution in [1.29, 1.82) is 0 Å². The molecular weight excluding hydrogens is 204 g/mol. The van der Waals surface area contributed by atoms with Gasteiger partial charge in [0.1, 0.15) is 0 Å². The molecule has 4 heteroatoms. The molecular formula is C12H20N2O2. The molecule has 1 aromatic heterocycles. The van der Waals surface area contributed by atoms with Crippen LogP contribution in [0.4, 0.5) is 0 Å². The van der Waals surface area contributed by atoms with Crippen LogP contribution in [0.25, 0.3) is 0 Å². The van der Waals surface area contributed by atoms with Crippen LogP contribution in [-0.2, 0) is 4.79 Å². The lowest BCUT2D eigenvalue weighted by molar-refractivity contribution is -0.142. The number of nitrogens with zero attached hydrogens (tertiary/aromatic N) is 2. The summed E-state index contributed by atoms with van der Waals surface area (Å²) in [6.07, 6.45) is 1.86. The van der Waals surface area contributed by atoms with E-state index < -0.39 is 12.0 Å². The third-order valence-corrected chi connectivity index (χ3v) is 2.75. The first kappa shape index (κ1) is 12.7. The first-order valence-electron chi connectivity index (χ1n) is 5.63. The van der Waals surface area contributed by atoms with Crippen LogP contribution in [0.15, 0.2) is 6.20 Å². The Morgan fingerprint density at radius 1 is 1.38 bits per heavy atom. The minimum absolute atomic E-state index is 0.0248. The fourth-order valence-electron chi connectivity index (χ4n) is 1.91. The van der Waals surface area contributed by atoms with E-state index in [1.807, 2.05) is 27.0 Å². The SMILES string of the molecule is Cc1nn([C@H](C(=O)O)C(C)C)cc1C(C)C. The van der Waals surface area contributed by atoms with Crippen molar-refractivity contribution in [2.45, 2.75) is 46.6 Å². The van der Waals surface area contributed by atoms with Gasteiger partial charge in [0, 0.05) is 6.20 Å². The highest BCUT2D eigenvalue weighted by atomic mass is 16.4. The maximum absolute atomic E-state index is 11.2. The quantitative estimate of drug-likeness (QED) is 0.855. The molecule has 0 saturated carbocycles. The Bertz CT molecular complexity index is 380. The molecule has 4 nitrogen and oxygen atoms in total. The minimum atomic E-state index is -0.826. The molecule has 0 aromatic carbocycles. The fraction of sp³-hybridized carbons (Fsp3) is 0.667. The summed E-state index contributed by atoms with van der Waals surface area (Å²) in [6.45, 7) is 9.87. The summed E-state index contributed by atoms with van der Waals surface area (Å²) in [4.78, 5) is 11.2. The lowest BCUT2D eigenvalue weighted by atomic mass is 10.0. The van der Waals surface area contributed by atoms with Crippen molar-refractivity contribution in [3.63, 3.8) is 0 Å². The van der Waals surface area contributed by atoms with Crippen LogP contribution in [0.1, 0.15) is 50.9 Å². The number of carboxylic acid groups (broad SMARTS) is 1. The highest BCUT2D eigenvalue weighted by Gasteiger charge is 2.25. The van der Waals surface area contributed by atoms with Crippen molar-refractivity contribution >= 4 is 5.97 Å². The van der Waals surface area contributed by atoms with Crippen molar-refractivity contribution < 1.29 is 9.90 Å². The van der Waals surface area contributed by atoms with Crippen LogP contribution in [0.5, 0.6) is 0 Å². The average Bonchev–Trinajstić information content (AvgIpc) is 2.45. The predicted octanol–water partition coefficient (Wildman–Crippen LogP) is 2.60. The lowest BCUT2D eigenvalue weighted by Gasteiger charge is -2.16. The predicted molar refractivity (Wildman–Crippen MR) is 62.6 cm³/mol. The van der Waals surface area contributed by atoms with E-state index in [-0.39, 0.29) is 5.92 Å². The number of carbonyl (C=O) groups is 1. The van der Waals surface area contributed by atoms with E-state index >= 15 is 0 Å². The largest absolute Gasteiger partial charge is 0.480 e. The topological polar surface area (TPSA) is 55.1 Å². The van der Waals surface area contributed by atoms with Gasteiger partial charge in [-0.3, -0.25) is 4.68 Å². The molecule has 0 aliphatic heterocycles. The van der Waals surface area contributed by atoms with Gasteiger partial charge in [0.2, 0.25) is 0 Å². The molecule has 1 atom stereocenters. The standard InChI is InChI=1S/C12H20N2O2/c1-7(2)10-6-14(13-9(10)5)11(8(3)4)12(15)16/h6-8,11H,1-5H3,(H,15,16)/t11-/m0/s1. The molecule has 0 fully saturated rings. The zero-order chi connectivity index (χ0) is 12.5. The summed E-state index contributed by atoms with van der Waals surface area (Å²) < 4.78 is 1.58. The number of rotatable bonds is 4. The maximum Gasteiger partial charge on any atom is 0.328 e. The molecule has 0 bridgehead atoms. The van der Waals surface area contributed by atoms with E-state index in [2.05, 4.69) is 18.9 Å². The molecule has 0 spiro atoms. The Hall–Kier alpha value is -1.32. The number of aliphatic carboxylic acids is 1. The fourth-order valence-corrected chi connectivity index (χ4v) is 1.91. The normalized spacial score (nSPS) is 13.4. The third kappa shape index (κ3) is 2.43. The maximum atomic E-state index is 11.2. The molecule has 0 unspecified atom stereocenters. The Kier molecular flexibility index (Phi) is 3.73. The van der Waals surface area contributed by atoms with Crippen LogP contribution in [0.3, 0.4) is 0 Å². The Labute approximate surface area is 96.3 Å². The van der Waals surface area contributed by atoms with Crippen molar-refractivity contribution in [2.75, 3.05) is 0 Å². The van der Waals surface area contributed by atoms with Gasteiger partial charge < -0.3 is 5.11 Å². The van der Waals surface area contributed by atoms with Crippen LogP contribution in [0.2, 0.25) is 0 Å². The monoisotopic (exact) mass is 224 g/mol. The van der Waals surface area contributed by atoms with Gasteiger partial charge in [-0.25, -0.2) is 4.79 Å². The average molecular weight is 224 g/mol. The van der Waals surface area contributed by atoms with Crippen LogP contribution >= 0.6 is 0 Å². The van der Waals surface area contributed by atoms with Gasteiger partial charge in [0.05, 0.1) is 5.69 Å². The summed E-state index contributed by atoms with van der Waals surface area (Å²) in [6, 6.07) is -0.578. The number of aromatic nitrogens is 2. The highest BCUT2D eigenvalue weighted by molar-refractivity contribution is 5.72. The van der Waals surface area contributed by atoms with Crippen LogP contribution in [0, 0.1) is 12.8 Å². The second kappa shape index (κ2) is 4.68. The second-order valence-electron chi connectivity index (χ2n) is 4.83. The summed E-state index contributed by atoms with van der Waals surface area (Å²) in [5.74, 6) is -0.431. The van der Waals surface area contributed by atoms with Crippen LogP contribution in [-0.4, -0.2) is 20.9 Å². The molecule has 90 valence electrons. The minimum Gasteiger partial charge on any atom is -0.480 e. The van der Waals surface area contributed by atoms with Gasteiger partial charge in [0.25, 0.3) is 0 Å². The Morgan fingerprint density at radius 3 is 2.25 bits per heavy atom. The Morgan fingerprint density at radius 2 is 1.94 bits per heavy atom. The zero-order valence-electron chi connectivity index (χ0n) is 10.6. The van der Waals surface area contributed by atoms with Crippen molar-refractivity contribution in [2.24, 2.45) is 5.92 Å². The smallest absolute Gasteiger partial charge is 0.328 e. The summed E-state index contributed by atoms with van der Waals surface area (Å²) >= 11 is 0. The molecule has 0 amide bonds. The number of hydrogen-bond donors (Lipinski definition) is 1. The van der Waals surface area contributed by atoms with Gasteiger partial charge in [-0.1, -0.05) is 27.7 Å². The molecule has 0 aliphatic carbocycles. The van der Waals surface area contributed by atoms with Crippen molar-refractivity contribution in [3.05, 3.63) is 17.5 Å². The van der Waals surface area contributed by atoms with Crippen molar-refractivity contribution in [3.8, 4) is 0 Å². The molecule has 16 heavy (non-hydrogen) atoms. The molecule has 0 radical (unpaired) electrons.